The Morgan fingerprint density at radius 1 is 1.00 bits per heavy atom. The van der Waals surface area contributed by atoms with Gasteiger partial charge < -0.3 is 15.1 Å². The molecule has 6 nitrogen and oxygen atoms in total. The van der Waals surface area contributed by atoms with E-state index in [1.165, 1.54) is 11.1 Å². The standard InChI is InChI=1S/C26H42N4O2S/c1-8-21-22(31)30(23(33-21)19-9-11-20(12-10-19)25(2,3)4)18-15-28-13-16-29(17-14-28)24(32)27-26(5,6)7/h9-12,21,23H,8,13-18H2,1-7H3,(H,27,32). The van der Waals surface area contributed by atoms with Crippen LogP contribution in [0.15, 0.2) is 24.3 Å². The van der Waals surface area contributed by atoms with Gasteiger partial charge in [0.25, 0.3) is 0 Å². The zero-order valence-corrected chi connectivity index (χ0v) is 22.3. The number of urea groups is 1. The second-order valence-corrected chi connectivity index (χ2v) is 12.6. The van der Waals surface area contributed by atoms with Gasteiger partial charge >= 0.3 is 6.03 Å². The van der Waals surface area contributed by atoms with Crippen molar-refractivity contribution >= 4 is 23.7 Å². The van der Waals surface area contributed by atoms with E-state index in [-0.39, 0.29) is 33.5 Å². The van der Waals surface area contributed by atoms with Crippen molar-refractivity contribution in [3.8, 4) is 0 Å². The number of carbonyl (C=O) groups is 2. The maximum Gasteiger partial charge on any atom is 0.317 e. The maximum atomic E-state index is 13.1. The fourth-order valence-corrected chi connectivity index (χ4v) is 5.74. The predicted octanol–water partition coefficient (Wildman–Crippen LogP) is 4.46. The van der Waals surface area contributed by atoms with E-state index < -0.39 is 0 Å². The third-order valence-electron chi connectivity index (χ3n) is 6.37. The van der Waals surface area contributed by atoms with Crippen LogP contribution >= 0.6 is 11.8 Å². The monoisotopic (exact) mass is 474 g/mol. The lowest BCUT2D eigenvalue weighted by Crippen LogP contribution is -2.55. The summed E-state index contributed by atoms with van der Waals surface area (Å²) in [6.45, 7) is 19.5. The molecule has 2 aliphatic heterocycles. The molecule has 0 aromatic heterocycles. The summed E-state index contributed by atoms with van der Waals surface area (Å²) in [5.41, 5.74) is 2.42. The van der Waals surface area contributed by atoms with E-state index in [9.17, 15) is 9.59 Å². The van der Waals surface area contributed by atoms with Gasteiger partial charge in [0.15, 0.2) is 0 Å². The highest BCUT2D eigenvalue weighted by Gasteiger charge is 2.40. The normalized spacial score (nSPS) is 22.7. The molecule has 2 aliphatic rings. The van der Waals surface area contributed by atoms with Crippen molar-refractivity contribution in [2.75, 3.05) is 39.3 Å². The minimum atomic E-state index is -0.224. The number of carbonyl (C=O) groups excluding carboxylic acids is 2. The van der Waals surface area contributed by atoms with E-state index >= 15 is 0 Å². The molecular formula is C26H42N4O2S. The number of hydrogen-bond donors (Lipinski definition) is 1. The van der Waals surface area contributed by atoms with E-state index in [0.29, 0.717) is 0 Å². The fraction of sp³-hybridized carbons (Fsp3) is 0.692. The van der Waals surface area contributed by atoms with Gasteiger partial charge in [-0.15, -0.1) is 11.8 Å². The van der Waals surface area contributed by atoms with Crippen LogP contribution in [0.1, 0.15) is 71.4 Å². The molecule has 3 rings (SSSR count). The smallest absolute Gasteiger partial charge is 0.317 e. The molecule has 2 saturated heterocycles. The fourth-order valence-electron chi connectivity index (χ4n) is 4.32. The third kappa shape index (κ3) is 6.66. The Balaban J connectivity index is 1.59. The van der Waals surface area contributed by atoms with Crippen molar-refractivity contribution in [1.29, 1.82) is 0 Å². The van der Waals surface area contributed by atoms with Gasteiger partial charge in [0.1, 0.15) is 5.37 Å². The first-order valence-electron chi connectivity index (χ1n) is 12.2. The first-order chi connectivity index (χ1) is 15.4. The van der Waals surface area contributed by atoms with Crippen LogP contribution in [0.3, 0.4) is 0 Å². The van der Waals surface area contributed by atoms with Gasteiger partial charge in [-0.3, -0.25) is 9.69 Å². The van der Waals surface area contributed by atoms with Gasteiger partial charge in [0.2, 0.25) is 5.91 Å². The van der Waals surface area contributed by atoms with Gasteiger partial charge in [0.05, 0.1) is 5.25 Å². The van der Waals surface area contributed by atoms with Crippen molar-refractivity contribution in [3.05, 3.63) is 35.4 Å². The van der Waals surface area contributed by atoms with Crippen molar-refractivity contribution < 1.29 is 9.59 Å². The van der Waals surface area contributed by atoms with Crippen LogP contribution in [0.5, 0.6) is 0 Å². The van der Waals surface area contributed by atoms with Gasteiger partial charge in [-0.05, 0) is 43.7 Å². The Labute approximate surface area is 204 Å². The number of benzene rings is 1. The summed E-state index contributed by atoms with van der Waals surface area (Å²) >= 11 is 1.79. The molecular weight excluding hydrogens is 432 g/mol. The lowest BCUT2D eigenvalue weighted by molar-refractivity contribution is -0.130. The second-order valence-electron chi connectivity index (χ2n) is 11.3. The third-order valence-corrected chi connectivity index (χ3v) is 8.01. The number of rotatable bonds is 5. The van der Waals surface area contributed by atoms with Crippen molar-refractivity contribution in [1.82, 2.24) is 20.0 Å². The largest absolute Gasteiger partial charge is 0.333 e. The summed E-state index contributed by atoms with van der Waals surface area (Å²) < 4.78 is 0. The Morgan fingerprint density at radius 2 is 1.61 bits per heavy atom. The van der Waals surface area contributed by atoms with Gasteiger partial charge in [-0.1, -0.05) is 52.0 Å². The van der Waals surface area contributed by atoms with Crippen LogP contribution in [0.4, 0.5) is 4.79 Å². The highest BCUT2D eigenvalue weighted by molar-refractivity contribution is 8.01. The van der Waals surface area contributed by atoms with Crippen LogP contribution in [-0.4, -0.2) is 76.7 Å². The average Bonchev–Trinajstić information content (AvgIpc) is 3.06. The molecule has 1 aromatic carbocycles. The summed E-state index contributed by atoms with van der Waals surface area (Å²) in [4.78, 5) is 31.9. The van der Waals surface area contributed by atoms with Crippen molar-refractivity contribution in [2.24, 2.45) is 0 Å². The predicted molar refractivity (Wildman–Crippen MR) is 138 cm³/mol. The van der Waals surface area contributed by atoms with E-state index in [1.807, 2.05) is 25.7 Å². The number of nitrogens with one attached hydrogen (secondary N) is 1. The molecule has 0 bridgehead atoms. The van der Waals surface area contributed by atoms with Gasteiger partial charge in [-0.25, -0.2) is 4.79 Å². The highest BCUT2D eigenvalue weighted by Crippen LogP contribution is 2.44. The molecule has 0 aliphatic carbocycles. The second kappa shape index (κ2) is 10.3. The Hall–Kier alpha value is -1.73. The first kappa shape index (κ1) is 25.9. The summed E-state index contributed by atoms with van der Waals surface area (Å²) in [7, 11) is 0. The average molecular weight is 475 g/mol. The van der Waals surface area contributed by atoms with Gasteiger partial charge in [0, 0.05) is 44.8 Å². The lowest BCUT2D eigenvalue weighted by Gasteiger charge is -2.37. The van der Waals surface area contributed by atoms with Crippen LogP contribution < -0.4 is 5.32 Å². The SMILES string of the molecule is CCC1SC(c2ccc(C(C)(C)C)cc2)N(CCN2CCN(C(=O)NC(C)(C)C)CC2)C1=O. The number of hydrogen-bond acceptors (Lipinski definition) is 4. The molecule has 2 fully saturated rings. The molecule has 2 unspecified atom stereocenters. The lowest BCUT2D eigenvalue weighted by atomic mass is 9.86. The number of thioether (sulfide) groups is 1. The summed E-state index contributed by atoms with van der Waals surface area (Å²) in [5.74, 6) is 0.260. The van der Waals surface area contributed by atoms with E-state index in [0.717, 1.165) is 45.7 Å². The summed E-state index contributed by atoms with van der Waals surface area (Å²) in [5, 5.41) is 3.16. The number of nitrogens with zero attached hydrogens (tertiary/aromatic N) is 3. The van der Waals surface area contributed by atoms with Gasteiger partial charge in [-0.2, -0.15) is 0 Å². The first-order valence-corrected chi connectivity index (χ1v) is 13.2. The van der Waals surface area contributed by atoms with Crippen LogP contribution in [0, 0.1) is 0 Å². The van der Waals surface area contributed by atoms with E-state index in [1.54, 1.807) is 11.8 Å². The molecule has 3 amide bonds. The molecule has 2 atom stereocenters. The highest BCUT2D eigenvalue weighted by atomic mass is 32.2. The van der Waals surface area contributed by atoms with Crippen molar-refractivity contribution in [2.45, 2.75) is 76.5 Å². The quantitative estimate of drug-likeness (QED) is 0.684. The molecule has 1 aromatic rings. The Bertz CT molecular complexity index is 820. The van der Waals surface area contributed by atoms with Crippen LogP contribution in [-0.2, 0) is 10.2 Å². The molecule has 1 N–H and O–H groups in total. The minimum absolute atomic E-state index is 0.0119. The van der Waals surface area contributed by atoms with Crippen LogP contribution in [0.2, 0.25) is 0 Å². The Morgan fingerprint density at radius 3 is 2.12 bits per heavy atom. The zero-order chi connectivity index (χ0) is 24.4. The summed E-state index contributed by atoms with van der Waals surface area (Å²) in [6, 6.07) is 8.82. The zero-order valence-electron chi connectivity index (χ0n) is 21.5. The molecule has 0 radical (unpaired) electrons. The minimum Gasteiger partial charge on any atom is -0.333 e. The molecule has 7 heteroatoms. The van der Waals surface area contributed by atoms with Crippen molar-refractivity contribution in [3.63, 3.8) is 0 Å². The summed E-state index contributed by atoms with van der Waals surface area (Å²) in [6.07, 6.45) is 0.859. The molecule has 2 heterocycles. The molecule has 184 valence electrons. The topological polar surface area (TPSA) is 55.9 Å². The number of piperazine rings is 1. The molecule has 0 saturated carbocycles. The van der Waals surface area contributed by atoms with E-state index in [2.05, 4.69) is 67.1 Å². The van der Waals surface area contributed by atoms with Crippen LogP contribution in [0.25, 0.3) is 0 Å². The Kier molecular flexibility index (Phi) is 8.05. The maximum absolute atomic E-state index is 13.1. The molecule has 0 spiro atoms. The number of amides is 3. The van der Waals surface area contributed by atoms with E-state index in [4.69, 9.17) is 0 Å². The molecule has 33 heavy (non-hydrogen) atoms.